The molecule has 180 valence electrons. The summed E-state index contributed by atoms with van der Waals surface area (Å²) in [6.45, 7) is 1.99. The second-order valence-electron chi connectivity index (χ2n) is 7.76. The Morgan fingerprint density at radius 3 is 2.26 bits per heavy atom. The van der Waals surface area contributed by atoms with Gasteiger partial charge in [-0.3, -0.25) is 9.10 Å². The number of ether oxygens (including phenoxy) is 2. The second-order valence-corrected chi connectivity index (χ2v) is 10.1. The zero-order valence-corrected chi connectivity index (χ0v) is 21.0. The third-order valence-electron chi connectivity index (χ3n) is 5.29. The summed E-state index contributed by atoms with van der Waals surface area (Å²) in [7, 11) is -0.415. The number of carbonyl (C=O) groups is 1. The van der Waals surface area contributed by atoms with E-state index in [1.165, 1.54) is 4.31 Å². The Kier molecular flexibility index (Phi) is 8.06. The molecular weight excluding hydrogens is 476 g/mol. The molecule has 0 heterocycles. The zero-order chi connectivity index (χ0) is 24.9. The van der Waals surface area contributed by atoms with Crippen LogP contribution < -0.4 is 19.1 Å². The van der Waals surface area contributed by atoms with Crippen LogP contribution in [0.25, 0.3) is 0 Å². The van der Waals surface area contributed by atoms with Crippen LogP contribution in [0, 0.1) is 0 Å². The number of anilines is 1. The third kappa shape index (κ3) is 6.21. The maximum absolute atomic E-state index is 12.8. The molecule has 1 N–H and O–H groups in total. The van der Waals surface area contributed by atoms with Gasteiger partial charge >= 0.3 is 0 Å². The first-order valence-corrected chi connectivity index (χ1v) is 12.7. The number of hydrogen-bond acceptors (Lipinski definition) is 5. The maximum Gasteiger partial charge on any atom is 0.251 e. The van der Waals surface area contributed by atoms with Crippen molar-refractivity contribution in [3.8, 4) is 11.5 Å². The van der Waals surface area contributed by atoms with Crippen LogP contribution in [0.2, 0.25) is 5.02 Å². The highest BCUT2D eigenvalue weighted by Crippen LogP contribution is 2.30. The van der Waals surface area contributed by atoms with E-state index < -0.39 is 10.0 Å². The molecule has 1 atom stereocenters. The maximum atomic E-state index is 12.8. The lowest BCUT2D eigenvalue weighted by molar-refractivity contribution is 0.0940. The summed E-state index contributed by atoms with van der Waals surface area (Å²) in [5.41, 5.74) is 2.54. The van der Waals surface area contributed by atoms with Crippen LogP contribution in [-0.2, 0) is 16.6 Å². The molecule has 0 aliphatic carbocycles. The summed E-state index contributed by atoms with van der Waals surface area (Å²) >= 11 is 6.04. The fourth-order valence-corrected chi connectivity index (χ4v) is 4.51. The molecule has 1 amide bonds. The molecule has 0 saturated carbocycles. The number of sulfonamides is 1. The Morgan fingerprint density at radius 1 is 1.00 bits per heavy atom. The molecule has 3 rings (SSSR count). The number of rotatable bonds is 9. The molecule has 3 aromatic carbocycles. The van der Waals surface area contributed by atoms with Crippen LogP contribution in [0.3, 0.4) is 0 Å². The SMILES string of the molecule is COc1ccc([C@H](C)NC(=O)c2ccc(CN(c3cccc(Cl)c3)S(C)(=O)=O)cc2)cc1OC. The highest BCUT2D eigenvalue weighted by atomic mass is 35.5. The molecule has 0 radical (unpaired) electrons. The van der Waals surface area contributed by atoms with Crippen molar-refractivity contribution in [1.82, 2.24) is 5.32 Å². The van der Waals surface area contributed by atoms with Crippen LogP contribution in [0.5, 0.6) is 11.5 Å². The van der Waals surface area contributed by atoms with Gasteiger partial charge in [0.1, 0.15) is 0 Å². The van der Waals surface area contributed by atoms with Crippen molar-refractivity contribution in [3.05, 3.63) is 88.4 Å². The standard InChI is InChI=1S/C25H27ClN2O5S/c1-17(20-12-13-23(32-2)24(14-20)33-3)27-25(29)19-10-8-18(9-11-19)16-28(34(4,30)31)22-7-5-6-21(26)15-22/h5-15,17H,16H2,1-4H3,(H,27,29)/t17-/m0/s1. The monoisotopic (exact) mass is 502 g/mol. The number of nitrogens with one attached hydrogen (secondary N) is 1. The van der Waals surface area contributed by atoms with Crippen molar-refractivity contribution in [2.45, 2.75) is 19.5 Å². The molecule has 0 aliphatic rings. The zero-order valence-electron chi connectivity index (χ0n) is 19.4. The summed E-state index contributed by atoms with van der Waals surface area (Å²) in [4.78, 5) is 12.8. The van der Waals surface area contributed by atoms with Crippen molar-refractivity contribution in [2.75, 3.05) is 24.8 Å². The van der Waals surface area contributed by atoms with Gasteiger partial charge < -0.3 is 14.8 Å². The van der Waals surface area contributed by atoms with Crippen LogP contribution in [0.1, 0.15) is 34.5 Å². The smallest absolute Gasteiger partial charge is 0.251 e. The van der Waals surface area contributed by atoms with E-state index in [9.17, 15) is 13.2 Å². The number of amides is 1. The van der Waals surface area contributed by atoms with E-state index >= 15 is 0 Å². The van der Waals surface area contributed by atoms with Gasteiger partial charge in [0, 0.05) is 10.6 Å². The minimum absolute atomic E-state index is 0.114. The fraction of sp³-hybridized carbons (Fsp3) is 0.240. The lowest BCUT2D eigenvalue weighted by atomic mass is 10.1. The first kappa shape index (κ1) is 25.4. The minimum Gasteiger partial charge on any atom is -0.493 e. The average Bonchev–Trinajstić information content (AvgIpc) is 2.81. The number of nitrogens with zero attached hydrogens (tertiary/aromatic N) is 1. The van der Waals surface area contributed by atoms with E-state index in [1.807, 2.05) is 19.1 Å². The Balaban J connectivity index is 1.72. The number of halogens is 1. The van der Waals surface area contributed by atoms with Gasteiger partial charge in [-0.25, -0.2) is 8.42 Å². The lowest BCUT2D eigenvalue weighted by Crippen LogP contribution is -2.29. The van der Waals surface area contributed by atoms with E-state index in [4.69, 9.17) is 21.1 Å². The van der Waals surface area contributed by atoms with Crippen molar-refractivity contribution in [1.29, 1.82) is 0 Å². The topological polar surface area (TPSA) is 84.9 Å². The molecule has 0 unspecified atom stereocenters. The summed E-state index contributed by atoms with van der Waals surface area (Å²) in [5, 5.41) is 3.41. The Morgan fingerprint density at radius 2 is 1.68 bits per heavy atom. The first-order chi connectivity index (χ1) is 16.1. The molecule has 0 spiro atoms. The van der Waals surface area contributed by atoms with Gasteiger partial charge in [-0.2, -0.15) is 0 Å². The third-order valence-corrected chi connectivity index (χ3v) is 6.67. The molecule has 3 aromatic rings. The normalized spacial score (nSPS) is 12.0. The van der Waals surface area contributed by atoms with Crippen molar-refractivity contribution in [2.24, 2.45) is 0 Å². The Labute approximate surface area is 205 Å². The summed E-state index contributed by atoms with van der Waals surface area (Å²) < 4.78 is 36.6. The lowest BCUT2D eigenvalue weighted by Gasteiger charge is -2.23. The number of carbonyl (C=O) groups excluding carboxylic acids is 1. The van der Waals surface area contributed by atoms with E-state index in [0.717, 1.165) is 17.4 Å². The molecule has 34 heavy (non-hydrogen) atoms. The number of hydrogen-bond donors (Lipinski definition) is 1. The Hall–Kier alpha value is -3.23. The molecule has 0 saturated heterocycles. The van der Waals surface area contributed by atoms with Crippen LogP contribution in [-0.4, -0.2) is 34.8 Å². The largest absolute Gasteiger partial charge is 0.493 e. The molecule has 0 fully saturated rings. The Bertz CT molecular complexity index is 1260. The van der Waals surface area contributed by atoms with E-state index in [2.05, 4.69) is 5.32 Å². The molecular formula is C25H27ClN2O5S. The van der Waals surface area contributed by atoms with Crippen molar-refractivity contribution >= 4 is 33.2 Å². The van der Waals surface area contributed by atoms with Gasteiger partial charge in [-0.1, -0.05) is 35.9 Å². The predicted molar refractivity (Wildman–Crippen MR) is 134 cm³/mol. The van der Waals surface area contributed by atoms with Gasteiger partial charge in [0.15, 0.2) is 11.5 Å². The van der Waals surface area contributed by atoms with Crippen LogP contribution >= 0.6 is 11.6 Å². The quantitative estimate of drug-likeness (QED) is 0.453. The van der Waals surface area contributed by atoms with E-state index in [-0.39, 0.29) is 18.5 Å². The van der Waals surface area contributed by atoms with Gasteiger partial charge in [-0.05, 0) is 60.5 Å². The number of methoxy groups -OCH3 is 2. The van der Waals surface area contributed by atoms with E-state index in [0.29, 0.717) is 27.8 Å². The van der Waals surface area contributed by atoms with Crippen molar-refractivity contribution in [3.63, 3.8) is 0 Å². The summed E-state index contributed by atoms with van der Waals surface area (Å²) in [5.74, 6) is 0.950. The molecule has 0 aromatic heterocycles. The number of benzene rings is 3. The summed E-state index contributed by atoms with van der Waals surface area (Å²) in [6.07, 6.45) is 1.14. The van der Waals surface area contributed by atoms with Crippen LogP contribution in [0.15, 0.2) is 66.7 Å². The average molecular weight is 503 g/mol. The van der Waals surface area contributed by atoms with Gasteiger partial charge in [0.25, 0.3) is 5.91 Å². The highest BCUT2D eigenvalue weighted by Gasteiger charge is 2.19. The molecule has 9 heteroatoms. The van der Waals surface area contributed by atoms with E-state index in [1.54, 1.807) is 68.8 Å². The molecule has 7 nitrogen and oxygen atoms in total. The van der Waals surface area contributed by atoms with Gasteiger partial charge in [0.2, 0.25) is 10.0 Å². The van der Waals surface area contributed by atoms with Gasteiger partial charge in [0.05, 0.1) is 38.7 Å². The molecule has 0 bridgehead atoms. The first-order valence-electron chi connectivity index (χ1n) is 10.5. The fourth-order valence-electron chi connectivity index (χ4n) is 3.44. The highest BCUT2D eigenvalue weighted by molar-refractivity contribution is 7.92. The van der Waals surface area contributed by atoms with Crippen molar-refractivity contribution < 1.29 is 22.7 Å². The second kappa shape index (κ2) is 10.8. The van der Waals surface area contributed by atoms with Crippen LogP contribution in [0.4, 0.5) is 5.69 Å². The minimum atomic E-state index is -3.54. The molecule has 0 aliphatic heterocycles. The predicted octanol–water partition coefficient (Wildman–Crippen LogP) is 4.81. The summed E-state index contributed by atoms with van der Waals surface area (Å²) in [6, 6.07) is 18.7. The van der Waals surface area contributed by atoms with Gasteiger partial charge in [-0.15, -0.1) is 0 Å².